The van der Waals surface area contributed by atoms with Gasteiger partial charge in [-0.1, -0.05) is 0 Å². The van der Waals surface area contributed by atoms with E-state index in [-0.39, 0.29) is 18.5 Å². The molecule has 14 heavy (non-hydrogen) atoms. The molecule has 0 radical (unpaired) electrons. The number of carboxylic acid groups (broad SMARTS) is 1. The van der Waals surface area contributed by atoms with Gasteiger partial charge in [-0.25, -0.2) is 4.79 Å². The van der Waals surface area contributed by atoms with Gasteiger partial charge >= 0.3 is 11.9 Å². The molecule has 6 nitrogen and oxygen atoms in total. The zero-order chi connectivity index (χ0) is 11.3. The van der Waals surface area contributed by atoms with Gasteiger partial charge in [0, 0.05) is 13.1 Å². The lowest BCUT2D eigenvalue weighted by Crippen LogP contribution is -2.43. The van der Waals surface area contributed by atoms with Crippen LogP contribution in [0, 0.1) is 0 Å². The Morgan fingerprint density at radius 1 is 1.36 bits per heavy atom. The molecular formula is C8H14N2O4. The molecule has 0 atom stereocenters. The first kappa shape index (κ1) is 12.4. The molecule has 0 heterocycles. The third-order valence-corrected chi connectivity index (χ3v) is 1.36. The Hall–Kier alpha value is -1.59. The SMILES string of the molecule is CC(C)NC(=O)CN(C)C(=O)C(=O)O. The van der Waals surface area contributed by atoms with Crippen molar-refractivity contribution in [3.8, 4) is 0 Å². The van der Waals surface area contributed by atoms with Gasteiger partial charge in [-0.2, -0.15) is 0 Å². The molecule has 0 aliphatic carbocycles. The molecule has 0 aromatic heterocycles. The van der Waals surface area contributed by atoms with Crippen LogP contribution in [-0.4, -0.2) is 47.4 Å². The summed E-state index contributed by atoms with van der Waals surface area (Å²) in [6.07, 6.45) is 0. The normalized spacial score (nSPS) is 9.71. The summed E-state index contributed by atoms with van der Waals surface area (Å²) in [5, 5.41) is 10.9. The second-order valence-electron chi connectivity index (χ2n) is 3.19. The zero-order valence-electron chi connectivity index (χ0n) is 8.40. The number of amides is 2. The minimum absolute atomic E-state index is 0.0316. The first-order chi connectivity index (χ1) is 6.34. The number of carbonyl (C=O) groups is 3. The van der Waals surface area contributed by atoms with Gasteiger partial charge < -0.3 is 15.3 Å². The summed E-state index contributed by atoms with van der Waals surface area (Å²) in [5.41, 5.74) is 0. The predicted molar refractivity (Wildman–Crippen MR) is 48.6 cm³/mol. The highest BCUT2D eigenvalue weighted by atomic mass is 16.4. The Kier molecular flexibility index (Phi) is 4.62. The summed E-state index contributed by atoms with van der Waals surface area (Å²) >= 11 is 0. The highest BCUT2D eigenvalue weighted by Crippen LogP contribution is 1.86. The maximum Gasteiger partial charge on any atom is 0.394 e. The summed E-state index contributed by atoms with van der Waals surface area (Å²) < 4.78 is 0. The third-order valence-electron chi connectivity index (χ3n) is 1.36. The Labute approximate surface area is 81.9 Å². The van der Waals surface area contributed by atoms with Gasteiger partial charge in [0.1, 0.15) is 0 Å². The van der Waals surface area contributed by atoms with Gasteiger partial charge in [0.05, 0.1) is 6.54 Å². The molecule has 0 spiro atoms. The Bertz CT molecular complexity index is 250. The van der Waals surface area contributed by atoms with Gasteiger partial charge in [-0.05, 0) is 13.8 Å². The largest absolute Gasteiger partial charge is 0.474 e. The molecule has 2 N–H and O–H groups in total. The maximum absolute atomic E-state index is 11.1. The molecule has 0 saturated heterocycles. The van der Waals surface area contributed by atoms with Crippen LogP contribution in [0.4, 0.5) is 0 Å². The maximum atomic E-state index is 11.1. The topological polar surface area (TPSA) is 86.7 Å². The second kappa shape index (κ2) is 5.21. The molecule has 0 aromatic rings. The third kappa shape index (κ3) is 4.44. The standard InChI is InChI=1S/C8H14N2O4/c1-5(2)9-6(11)4-10(3)7(12)8(13)14/h5H,4H2,1-3H3,(H,9,11)(H,13,14). The molecule has 0 bridgehead atoms. The van der Waals surface area contributed by atoms with Crippen molar-refractivity contribution < 1.29 is 19.5 Å². The van der Waals surface area contributed by atoms with E-state index in [1.807, 2.05) is 0 Å². The fraction of sp³-hybridized carbons (Fsp3) is 0.625. The molecule has 0 saturated carbocycles. The Morgan fingerprint density at radius 3 is 2.21 bits per heavy atom. The number of hydrogen-bond acceptors (Lipinski definition) is 3. The van der Waals surface area contributed by atoms with Crippen LogP contribution in [0.1, 0.15) is 13.8 Å². The summed E-state index contributed by atoms with van der Waals surface area (Å²) in [6, 6.07) is -0.0316. The number of rotatable bonds is 3. The average Bonchev–Trinajstić information content (AvgIpc) is 2.00. The molecule has 0 fully saturated rings. The fourth-order valence-electron chi connectivity index (χ4n) is 0.818. The first-order valence-electron chi connectivity index (χ1n) is 4.12. The summed E-state index contributed by atoms with van der Waals surface area (Å²) in [6.45, 7) is 3.30. The monoisotopic (exact) mass is 202 g/mol. The highest BCUT2D eigenvalue weighted by Gasteiger charge is 2.19. The van der Waals surface area contributed by atoms with E-state index in [1.54, 1.807) is 13.8 Å². The molecule has 0 unspecified atom stereocenters. The number of nitrogens with one attached hydrogen (secondary N) is 1. The van der Waals surface area contributed by atoms with Crippen LogP contribution in [0.2, 0.25) is 0 Å². The molecular weight excluding hydrogens is 188 g/mol. The smallest absolute Gasteiger partial charge is 0.394 e. The van der Waals surface area contributed by atoms with Gasteiger partial charge in [0.15, 0.2) is 0 Å². The van der Waals surface area contributed by atoms with Gasteiger partial charge in [-0.3, -0.25) is 9.59 Å². The van der Waals surface area contributed by atoms with Gasteiger partial charge in [-0.15, -0.1) is 0 Å². The van der Waals surface area contributed by atoms with Crippen molar-refractivity contribution in [3.63, 3.8) is 0 Å². The predicted octanol–water partition coefficient (Wildman–Crippen LogP) is -0.946. The van der Waals surface area contributed by atoms with Crippen LogP contribution >= 0.6 is 0 Å². The zero-order valence-corrected chi connectivity index (χ0v) is 8.40. The van der Waals surface area contributed by atoms with Crippen molar-refractivity contribution in [2.45, 2.75) is 19.9 Å². The molecule has 2 amide bonds. The number of nitrogens with zero attached hydrogens (tertiary/aromatic N) is 1. The quantitative estimate of drug-likeness (QED) is 0.578. The van der Waals surface area contributed by atoms with E-state index in [0.717, 1.165) is 4.90 Å². The van der Waals surface area contributed by atoms with Crippen molar-refractivity contribution in [2.24, 2.45) is 0 Å². The van der Waals surface area contributed by atoms with Crippen LogP contribution < -0.4 is 5.32 Å². The summed E-state index contributed by atoms with van der Waals surface area (Å²) in [7, 11) is 1.26. The van der Waals surface area contributed by atoms with E-state index in [4.69, 9.17) is 5.11 Å². The minimum atomic E-state index is -1.56. The van der Waals surface area contributed by atoms with Crippen LogP contribution in [0.5, 0.6) is 0 Å². The lowest BCUT2D eigenvalue weighted by molar-refractivity contribution is -0.155. The number of carboxylic acids is 1. The minimum Gasteiger partial charge on any atom is -0.474 e. The number of hydrogen-bond donors (Lipinski definition) is 2. The Morgan fingerprint density at radius 2 is 1.86 bits per heavy atom. The molecule has 0 aliphatic rings. The Balaban J connectivity index is 4.06. The van der Waals surface area contributed by atoms with Crippen molar-refractivity contribution >= 4 is 17.8 Å². The lowest BCUT2D eigenvalue weighted by Gasteiger charge is -2.15. The van der Waals surface area contributed by atoms with E-state index in [9.17, 15) is 14.4 Å². The summed E-state index contributed by atoms with van der Waals surface area (Å²) in [5.74, 6) is -3.04. The van der Waals surface area contributed by atoms with Crippen LogP contribution in [0.15, 0.2) is 0 Å². The summed E-state index contributed by atoms with van der Waals surface area (Å²) in [4.78, 5) is 33.0. The van der Waals surface area contributed by atoms with Crippen LogP contribution in [0.25, 0.3) is 0 Å². The van der Waals surface area contributed by atoms with Gasteiger partial charge in [0.2, 0.25) is 5.91 Å². The number of likely N-dealkylation sites (N-methyl/N-ethyl adjacent to an activating group) is 1. The second-order valence-corrected chi connectivity index (χ2v) is 3.19. The number of aliphatic carboxylic acids is 1. The van der Waals surface area contributed by atoms with Crippen molar-refractivity contribution in [2.75, 3.05) is 13.6 Å². The number of carbonyl (C=O) groups excluding carboxylic acids is 2. The van der Waals surface area contributed by atoms with Crippen molar-refractivity contribution in [1.29, 1.82) is 0 Å². The van der Waals surface area contributed by atoms with Crippen molar-refractivity contribution in [3.05, 3.63) is 0 Å². The molecule has 0 rings (SSSR count). The van der Waals surface area contributed by atoms with E-state index in [0.29, 0.717) is 0 Å². The molecule has 6 heteroatoms. The average molecular weight is 202 g/mol. The fourth-order valence-corrected chi connectivity index (χ4v) is 0.818. The van der Waals surface area contributed by atoms with Crippen LogP contribution in [0.3, 0.4) is 0 Å². The van der Waals surface area contributed by atoms with Gasteiger partial charge in [0.25, 0.3) is 0 Å². The first-order valence-corrected chi connectivity index (χ1v) is 4.12. The molecule has 0 aliphatic heterocycles. The van der Waals surface area contributed by atoms with E-state index < -0.39 is 11.9 Å². The lowest BCUT2D eigenvalue weighted by atomic mass is 10.4. The van der Waals surface area contributed by atoms with E-state index in [1.165, 1.54) is 7.05 Å². The molecule has 80 valence electrons. The van der Waals surface area contributed by atoms with Crippen molar-refractivity contribution in [1.82, 2.24) is 10.2 Å². The highest BCUT2D eigenvalue weighted by molar-refractivity contribution is 6.31. The van der Waals surface area contributed by atoms with E-state index >= 15 is 0 Å². The molecule has 0 aromatic carbocycles. The van der Waals surface area contributed by atoms with E-state index in [2.05, 4.69) is 5.32 Å². The van der Waals surface area contributed by atoms with Crippen LogP contribution in [-0.2, 0) is 14.4 Å².